The van der Waals surface area contributed by atoms with Crippen LogP contribution in [-0.2, 0) is 4.79 Å². The van der Waals surface area contributed by atoms with E-state index in [0.29, 0.717) is 12.1 Å². The molecule has 0 heterocycles. The molecule has 4 heteroatoms. The van der Waals surface area contributed by atoms with Gasteiger partial charge in [-0.2, -0.15) is 0 Å². The molecule has 0 radical (unpaired) electrons. The number of hydrogen-bond acceptors (Lipinski definition) is 1. The van der Waals surface area contributed by atoms with Crippen LogP contribution in [0, 0.1) is 5.82 Å². The summed E-state index contributed by atoms with van der Waals surface area (Å²) in [4.78, 5) is 11.2. The normalized spacial score (nSPS) is 9.77. The van der Waals surface area contributed by atoms with E-state index in [1.165, 1.54) is 9.18 Å². The third-order valence-corrected chi connectivity index (χ3v) is 2.64. The van der Waals surface area contributed by atoms with E-state index in [2.05, 4.69) is 0 Å². The largest absolute Gasteiger partial charge is 0.274 e. The zero-order valence-corrected chi connectivity index (χ0v) is 9.29. The molecule has 1 aromatic rings. The molecule has 1 rings (SSSR count). The van der Waals surface area contributed by atoms with E-state index < -0.39 is 0 Å². The van der Waals surface area contributed by atoms with Crippen molar-refractivity contribution in [1.29, 1.82) is 0 Å². The van der Waals surface area contributed by atoms with Crippen molar-refractivity contribution >= 4 is 34.5 Å². The molecule has 1 aromatic carbocycles. The van der Waals surface area contributed by atoms with Crippen LogP contribution < -0.4 is 3.11 Å². The second kappa shape index (κ2) is 4.55. The van der Waals surface area contributed by atoms with E-state index in [9.17, 15) is 9.18 Å². The van der Waals surface area contributed by atoms with Crippen molar-refractivity contribution in [2.45, 2.75) is 13.3 Å². The van der Waals surface area contributed by atoms with Gasteiger partial charge in [0, 0.05) is 6.42 Å². The molecule has 0 atom stereocenters. The van der Waals surface area contributed by atoms with Crippen molar-refractivity contribution in [1.82, 2.24) is 0 Å². The maximum absolute atomic E-state index is 13.1. The lowest BCUT2D eigenvalue weighted by Crippen LogP contribution is -2.19. The second-order valence-corrected chi connectivity index (χ2v) is 3.44. The van der Waals surface area contributed by atoms with Crippen molar-refractivity contribution in [3.63, 3.8) is 0 Å². The Hall–Kier alpha value is -0.650. The Labute approximate surface area is 90.2 Å². The van der Waals surface area contributed by atoms with Gasteiger partial charge in [0.05, 0.1) is 28.6 Å². The second-order valence-electron chi connectivity index (χ2n) is 2.48. The summed E-state index contributed by atoms with van der Waals surface area (Å²) in [7, 11) is 0. The number of carbonyl (C=O) groups excluding carboxylic acids is 1. The molecule has 13 heavy (non-hydrogen) atoms. The highest BCUT2D eigenvalue weighted by atomic mass is 127. The van der Waals surface area contributed by atoms with Crippen LogP contribution in [0.1, 0.15) is 13.3 Å². The summed E-state index contributed by atoms with van der Waals surface area (Å²) in [5.41, 5.74) is 0.315. The van der Waals surface area contributed by atoms with Gasteiger partial charge < -0.3 is 0 Å². The van der Waals surface area contributed by atoms with Crippen molar-refractivity contribution in [2.75, 3.05) is 3.11 Å². The monoisotopic (exact) mass is 293 g/mol. The molecule has 0 spiro atoms. The molecule has 0 aliphatic carbocycles. The Balaban J connectivity index is 2.95. The topological polar surface area (TPSA) is 20.3 Å². The van der Waals surface area contributed by atoms with Crippen molar-refractivity contribution in [2.24, 2.45) is 0 Å². The number of halogens is 2. The van der Waals surface area contributed by atoms with Crippen LogP contribution in [0.4, 0.5) is 10.1 Å². The van der Waals surface area contributed by atoms with E-state index in [1.807, 2.05) is 0 Å². The fraction of sp³-hybridized carbons (Fsp3) is 0.222. The van der Waals surface area contributed by atoms with Crippen LogP contribution in [0.25, 0.3) is 0 Å². The van der Waals surface area contributed by atoms with Crippen LogP contribution in [0.5, 0.6) is 0 Å². The number of hydrogen-bond donors (Lipinski definition) is 0. The van der Waals surface area contributed by atoms with E-state index in [0.717, 1.165) is 0 Å². The molecule has 0 fully saturated rings. The minimum absolute atomic E-state index is 0.106. The molecule has 0 aliphatic heterocycles. The zero-order chi connectivity index (χ0) is 9.84. The molecule has 0 aliphatic rings. The standard InChI is InChI=1S/C9H9FINO/c1-2-9(13)12(11)8-6-4-3-5-7(8)10/h3-6H,2H2,1H3. The highest BCUT2D eigenvalue weighted by molar-refractivity contribution is 14.1. The van der Waals surface area contributed by atoms with Crippen molar-refractivity contribution < 1.29 is 9.18 Å². The maximum atomic E-state index is 13.1. The Morgan fingerprint density at radius 1 is 1.54 bits per heavy atom. The van der Waals surface area contributed by atoms with Gasteiger partial charge in [-0.15, -0.1) is 0 Å². The van der Waals surface area contributed by atoms with E-state index in [4.69, 9.17) is 0 Å². The zero-order valence-electron chi connectivity index (χ0n) is 7.13. The molecule has 2 nitrogen and oxygen atoms in total. The Kier molecular flexibility index (Phi) is 3.65. The van der Waals surface area contributed by atoms with Crippen LogP contribution in [0.2, 0.25) is 0 Å². The molecular formula is C9H9FINO. The summed E-state index contributed by atoms with van der Waals surface area (Å²) in [6.07, 6.45) is 0.372. The first-order valence-electron chi connectivity index (χ1n) is 3.90. The van der Waals surface area contributed by atoms with Gasteiger partial charge in [0.15, 0.2) is 0 Å². The van der Waals surface area contributed by atoms with Gasteiger partial charge in [-0.3, -0.25) is 4.79 Å². The minimum atomic E-state index is -0.376. The highest BCUT2D eigenvalue weighted by Crippen LogP contribution is 2.22. The van der Waals surface area contributed by atoms with Gasteiger partial charge in [0.1, 0.15) is 5.82 Å². The average molecular weight is 293 g/mol. The molecule has 0 N–H and O–H groups in total. The summed E-state index contributed by atoms with van der Waals surface area (Å²) in [5, 5.41) is 0. The van der Waals surface area contributed by atoms with Crippen LogP contribution in [0.15, 0.2) is 24.3 Å². The predicted molar refractivity (Wildman–Crippen MR) is 58.2 cm³/mol. The van der Waals surface area contributed by atoms with Crippen LogP contribution >= 0.6 is 22.9 Å². The van der Waals surface area contributed by atoms with Gasteiger partial charge in [-0.1, -0.05) is 19.1 Å². The summed E-state index contributed by atoms with van der Waals surface area (Å²) in [5.74, 6) is -0.482. The molecule has 0 saturated heterocycles. The first-order chi connectivity index (χ1) is 6.16. The Bertz CT molecular complexity index is 316. The van der Waals surface area contributed by atoms with Gasteiger partial charge >= 0.3 is 0 Å². The molecule has 0 bridgehead atoms. The fourth-order valence-corrected chi connectivity index (χ4v) is 1.62. The molecule has 70 valence electrons. The Morgan fingerprint density at radius 2 is 2.15 bits per heavy atom. The summed E-state index contributed by atoms with van der Waals surface area (Å²) < 4.78 is 14.4. The number of benzene rings is 1. The number of nitrogens with zero attached hydrogens (tertiary/aromatic N) is 1. The number of rotatable bonds is 2. The molecule has 0 unspecified atom stereocenters. The van der Waals surface area contributed by atoms with Gasteiger partial charge in [0.25, 0.3) is 0 Å². The van der Waals surface area contributed by atoms with Crippen molar-refractivity contribution in [3.05, 3.63) is 30.1 Å². The van der Waals surface area contributed by atoms with Crippen LogP contribution in [0.3, 0.4) is 0 Å². The van der Waals surface area contributed by atoms with Crippen LogP contribution in [-0.4, -0.2) is 5.91 Å². The van der Waals surface area contributed by atoms with Gasteiger partial charge in [-0.05, 0) is 12.1 Å². The van der Waals surface area contributed by atoms with Gasteiger partial charge in [-0.25, -0.2) is 7.50 Å². The number of anilines is 1. The molecule has 1 amide bonds. The lowest BCUT2D eigenvalue weighted by atomic mass is 10.3. The summed E-state index contributed by atoms with van der Waals surface area (Å²) in [6, 6.07) is 6.21. The number of amides is 1. The quantitative estimate of drug-likeness (QED) is 0.606. The molecular weight excluding hydrogens is 284 g/mol. The first-order valence-corrected chi connectivity index (χ1v) is 4.86. The molecule has 0 aromatic heterocycles. The number of carbonyl (C=O) groups is 1. The summed E-state index contributed by atoms with van der Waals surface area (Å²) in [6.45, 7) is 1.74. The third kappa shape index (κ3) is 2.40. The van der Waals surface area contributed by atoms with Gasteiger partial charge in [0.2, 0.25) is 5.91 Å². The number of para-hydroxylation sites is 1. The van der Waals surface area contributed by atoms with Crippen molar-refractivity contribution in [3.8, 4) is 0 Å². The van der Waals surface area contributed by atoms with E-state index in [-0.39, 0.29) is 11.7 Å². The lowest BCUT2D eigenvalue weighted by Gasteiger charge is -2.13. The molecule has 0 saturated carbocycles. The summed E-state index contributed by atoms with van der Waals surface area (Å²) >= 11 is 1.80. The minimum Gasteiger partial charge on any atom is -0.274 e. The predicted octanol–water partition coefficient (Wildman–Crippen LogP) is 2.92. The lowest BCUT2D eigenvalue weighted by molar-refractivity contribution is -0.116. The van der Waals surface area contributed by atoms with E-state index in [1.54, 1.807) is 48.0 Å². The maximum Gasteiger partial charge on any atom is 0.235 e. The highest BCUT2D eigenvalue weighted by Gasteiger charge is 2.13. The third-order valence-electron chi connectivity index (χ3n) is 1.59. The SMILES string of the molecule is CCC(=O)N(I)c1ccccc1F. The Morgan fingerprint density at radius 3 is 2.69 bits per heavy atom. The smallest absolute Gasteiger partial charge is 0.235 e. The van der Waals surface area contributed by atoms with E-state index >= 15 is 0 Å². The average Bonchev–Trinajstić information content (AvgIpc) is 2.16. The first kappa shape index (κ1) is 10.4. The fourth-order valence-electron chi connectivity index (χ4n) is 0.884.